The molecular formula is C23H26N4O4S. The zero-order chi connectivity index (χ0) is 23.0. The molecule has 1 aliphatic rings. The molecule has 0 amide bonds. The molecule has 2 heterocycles. The Bertz CT molecular complexity index is 1300. The SMILES string of the molecule is Cc1cccc(C)c1Oc1nc(NS(=O)(=O)CC2CC2)cc(-c2cc(C)c(=O)n(C)c2)n1. The lowest BCUT2D eigenvalue weighted by Crippen LogP contribution is -2.19. The zero-order valence-electron chi connectivity index (χ0n) is 18.5. The fourth-order valence-corrected chi connectivity index (χ4v) is 5.00. The van der Waals surface area contributed by atoms with E-state index >= 15 is 0 Å². The summed E-state index contributed by atoms with van der Waals surface area (Å²) in [5, 5.41) is 0. The summed E-state index contributed by atoms with van der Waals surface area (Å²) < 4.78 is 35.2. The lowest BCUT2D eigenvalue weighted by molar-refractivity contribution is 0.437. The van der Waals surface area contributed by atoms with Gasteiger partial charge in [0.2, 0.25) is 10.0 Å². The number of pyridine rings is 1. The Labute approximate surface area is 187 Å². The van der Waals surface area contributed by atoms with Gasteiger partial charge in [-0.3, -0.25) is 9.52 Å². The number of sulfonamides is 1. The van der Waals surface area contributed by atoms with Crippen molar-refractivity contribution in [2.45, 2.75) is 33.6 Å². The maximum Gasteiger partial charge on any atom is 0.324 e. The van der Waals surface area contributed by atoms with E-state index in [2.05, 4.69) is 14.7 Å². The minimum Gasteiger partial charge on any atom is -0.424 e. The minimum absolute atomic E-state index is 0.0236. The predicted molar refractivity (Wildman–Crippen MR) is 124 cm³/mol. The summed E-state index contributed by atoms with van der Waals surface area (Å²) in [4.78, 5) is 20.9. The van der Waals surface area contributed by atoms with Gasteiger partial charge in [-0.25, -0.2) is 8.42 Å². The van der Waals surface area contributed by atoms with Crippen molar-refractivity contribution in [2.75, 3.05) is 10.5 Å². The number of nitrogens with zero attached hydrogens (tertiary/aromatic N) is 3. The third kappa shape index (κ3) is 4.99. The normalized spacial score (nSPS) is 13.8. The molecule has 1 fully saturated rings. The molecule has 1 aromatic carbocycles. The number of hydrogen-bond donors (Lipinski definition) is 1. The Balaban J connectivity index is 1.78. The lowest BCUT2D eigenvalue weighted by Gasteiger charge is -2.14. The van der Waals surface area contributed by atoms with E-state index in [0.717, 1.165) is 24.0 Å². The van der Waals surface area contributed by atoms with Crippen LogP contribution in [0.5, 0.6) is 11.8 Å². The van der Waals surface area contributed by atoms with Gasteiger partial charge >= 0.3 is 6.01 Å². The van der Waals surface area contributed by atoms with Gasteiger partial charge in [-0.1, -0.05) is 18.2 Å². The first-order chi connectivity index (χ1) is 15.1. The van der Waals surface area contributed by atoms with Crippen molar-refractivity contribution in [1.82, 2.24) is 14.5 Å². The van der Waals surface area contributed by atoms with Crippen molar-refractivity contribution in [1.29, 1.82) is 0 Å². The number of anilines is 1. The number of aryl methyl sites for hydroxylation is 4. The molecule has 2 aromatic heterocycles. The fourth-order valence-electron chi connectivity index (χ4n) is 3.54. The van der Waals surface area contributed by atoms with Crippen LogP contribution in [-0.2, 0) is 17.1 Å². The molecule has 1 saturated carbocycles. The maximum atomic E-state index is 12.6. The van der Waals surface area contributed by atoms with Gasteiger partial charge in [0, 0.05) is 30.4 Å². The number of ether oxygens (including phenoxy) is 1. The van der Waals surface area contributed by atoms with Crippen molar-refractivity contribution in [2.24, 2.45) is 13.0 Å². The van der Waals surface area contributed by atoms with E-state index in [9.17, 15) is 13.2 Å². The number of aromatic nitrogens is 3. The van der Waals surface area contributed by atoms with E-state index in [4.69, 9.17) is 4.74 Å². The third-order valence-corrected chi connectivity index (χ3v) is 6.81. The third-order valence-electron chi connectivity index (χ3n) is 5.38. The van der Waals surface area contributed by atoms with Crippen molar-refractivity contribution in [3.8, 4) is 23.0 Å². The Hall–Kier alpha value is -3.20. The van der Waals surface area contributed by atoms with Crippen LogP contribution >= 0.6 is 0 Å². The highest BCUT2D eigenvalue weighted by atomic mass is 32.2. The van der Waals surface area contributed by atoms with Gasteiger partial charge in [-0.2, -0.15) is 9.97 Å². The van der Waals surface area contributed by atoms with Crippen molar-refractivity contribution >= 4 is 15.8 Å². The van der Waals surface area contributed by atoms with Gasteiger partial charge in [0.15, 0.2) is 0 Å². The van der Waals surface area contributed by atoms with Crippen molar-refractivity contribution in [3.63, 3.8) is 0 Å². The van der Waals surface area contributed by atoms with E-state index in [1.165, 1.54) is 4.57 Å². The molecule has 32 heavy (non-hydrogen) atoms. The Morgan fingerprint density at radius 3 is 2.41 bits per heavy atom. The van der Waals surface area contributed by atoms with Gasteiger partial charge in [0.1, 0.15) is 11.6 Å². The van der Waals surface area contributed by atoms with E-state index in [0.29, 0.717) is 22.6 Å². The largest absolute Gasteiger partial charge is 0.424 e. The molecule has 1 N–H and O–H groups in total. The van der Waals surface area contributed by atoms with Crippen LogP contribution in [0.25, 0.3) is 11.3 Å². The number of nitrogens with one attached hydrogen (secondary N) is 1. The highest BCUT2D eigenvalue weighted by Crippen LogP contribution is 2.32. The van der Waals surface area contributed by atoms with Crippen molar-refractivity contribution < 1.29 is 13.2 Å². The van der Waals surface area contributed by atoms with Gasteiger partial charge < -0.3 is 9.30 Å². The molecule has 9 heteroatoms. The van der Waals surface area contributed by atoms with Crippen LogP contribution in [0.4, 0.5) is 5.82 Å². The highest BCUT2D eigenvalue weighted by Gasteiger charge is 2.28. The van der Waals surface area contributed by atoms with E-state index in [1.807, 2.05) is 32.0 Å². The molecule has 0 aliphatic heterocycles. The Morgan fingerprint density at radius 1 is 1.09 bits per heavy atom. The molecule has 1 aliphatic carbocycles. The molecule has 0 atom stereocenters. The lowest BCUT2D eigenvalue weighted by atomic mass is 10.1. The molecule has 0 saturated heterocycles. The number of rotatable bonds is 7. The smallest absolute Gasteiger partial charge is 0.324 e. The average Bonchev–Trinajstić information content (AvgIpc) is 3.51. The summed E-state index contributed by atoms with van der Waals surface area (Å²) in [6.07, 6.45) is 3.51. The quantitative estimate of drug-likeness (QED) is 0.584. The molecule has 3 aromatic rings. The Morgan fingerprint density at radius 2 is 1.78 bits per heavy atom. The van der Waals surface area contributed by atoms with Crippen LogP contribution in [-0.4, -0.2) is 28.7 Å². The molecule has 8 nitrogen and oxygen atoms in total. The predicted octanol–water partition coefficient (Wildman–Crippen LogP) is 3.71. The van der Waals surface area contributed by atoms with Crippen LogP contribution < -0.4 is 15.0 Å². The highest BCUT2D eigenvalue weighted by molar-refractivity contribution is 7.92. The molecule has 0 spiro atoms. The van der Waals surface area contributed by atoms with Gasteiger partial charge in [0.05, 0.1) is 11.4 Å². The van der Waals surface area contributed by atoms with Gasteiger partial charge in [0.25, 0.3) is 5.56 Å². The molecular weight excluding hydrogens is 428 g/mol. The number of benzene rings is 1. The van der Waals surface area contributed by atoms with Crippen LogP contribution in [0, 0.1) is 26.7 Å². The van der Waals surface area contributed by atoms with Crippen LogP contribution in [0.15, 0.2) is 41.3 Å². The molecule has 168 valence electrons. The number of hydrogen-bond acceptors (Lipinski definition) is 6. The maximum absolute atomic E-state index is 12.6. The van der Waals surface area contributed by atoms with E-state index < -0.39 is 10.0 Å². The summed E-state index contributed by atoms with van der Waals surface area (Å²) in [6.45, 7) is 5.56. The first-order valence-electron chi connectivity index (χ1n) is 10.4. The van der Waals surface area contributed by atoms with Crippen LogP contribution in [0.2, 0.25) is 0 Å². The van der Waals surface area contributed by atoms with E-state index in [1.54, 1.807) is 32.3 Å². The Kier molecular flexibility index (Phi) is 5.77. The van der Waals surface area contributed by atoms with Crippen LogP contribution in [0.1, 0.15) is 29.5 Å². The van der Waals surface area contributed by atoms with E-state index in [-0.39, 0.29) is 29.1 Å². The summed E-state index contributed by atoms with van der Waals surface area (Å²) in [6, 6.07) is 9.07. The average molecular weight is 455 g/mol. The second-order valence-electron chi connectivity index (χ2n) is 8.40. The fraction of sp³-hybridized carbons (Fsp3) is 0.348. The zero-order valence-corrected chi connectivity index (χ0v) is 19.4. The summed E-state index contributed by atoms with van der Waals surface area (Å²) in [5.41, 5.74) is 3.36. The second-order valence-corrected chi connectivity index (χ2v) is 10.2. The summed E-state index contributed by atoms with van der Waals surface area (Å²) >= 11 is 0. The summed E-state index contributed by atoms with van der Waals surface area (Å²) in [7, 11) is -1.89. The van der Waals surface area contributed by atoms with Gasteiger partial charge in [-0.15, -0.1) is 0 Å². The van der Waals surface area contributed by atoms with Gasteiger partial charge in [-0.05, 0) is 56.7 Å². The first-order valence-corrected chi connectivity index (χ1v) is 12.1. The monoisotopic (exact) mass is 454 g/mol. The standard InChI is InChI=1S/C23H26N4O4S/c1-14-6-5-7-15(2)21(14)31-23-24-19(18-10-16(3)22(28)27(4)12-18)11-20(25-23)26-32(29,30)13-17-8-9-17/h5-7,10-12,17H,8-9,13H2,1-4H3,(H,24,25,26). The molecule has 4 rings (SSSR count). The molecule has 0 radical (unpaired) electrons. The van der Waals surface area contributed by atoms with Crippen LogP contribution in [0.3, 0.4) is 0 Å². The first kappa shape index (κ1) is 22.0. The molecule has 0 unspecified atom stereocenters. The van der Waals surface area contributed by atoms with Crippen molar-refractivity contribution in [3.05, 3.63) is 63.6 Å². The molecule has 0 bridgehead atoms. The second kappa shape index (κ2) is 8.38. The number of para-hydroxylation sites is 1. The topological polar surface area (TPSA) is 103 Å². The summed E-state index contributed by atoms with van der Waals surface area (Å²) in [5.74, 6) is 1.01. The minimum atomic E-state index is -3.55.